The molecular formula is C23H25F3N4O. The Labute approximate surface area is 179 Å². The second-order valence-corrected chi connectivity index (χ2v) is 7.49. The summed E-state index contributed by atoms with van der Waals surface area (Å²) in [5, 5.41) is 5.71. The van der Waals surface area contributed by atoms with Crippen LogP contribution in [0.25, 0.3) is 0 Å². The van der Waals surface area contributed by atoms with Gasteiger partial charge in [0.1, 0.15) is 17.1 Å². The summed E-state index contributed by atoms with van der Waals surface area (Å²) in [6.45, 7) is 6.59. The average Bonchev–Trinajstić information content (AvgIpc) is 2.72. The lowest BCUT2D eigenvalue weighted by Crippen LogP contribution is -2.12. The van der Waals surface area contributed by atoms with Crippen molar-refractivity contribution in [1.82, 2.24) is 9.97 Å². The fourth-order valence-electron chi connectivity index (χ4n) is 2.76. The van der Waals surface area contributed by atoms with E-state index in [1.165, 1.54) is 0 Å². The molecule has 0 aliphatic heterocycles. The molecule has 2 aromatic carbocycles. The maximum atomic E-state index is 13.5. The smallest absolute Gasteiger partial charge is 0.421 e. The highest BCUT2D eigenvalue weighted by molar-refractivity contribution is 5.64. The molecule has 3 rings (SSSR count). The molecule has 0 atom stereocenters. The molecule has 0 aliphatic carbocycles. The first-order valence-corrected chi connectivity index (χ1v) is 10.0. The van der Waals surface area contributed by atoms with Gasteiger partial charge in [0.25, 0.3) is 0 Å². The van der Waals surface area contributed by atoms with Crippen molar-refractivity contribution in [3.8, 4) is 5.75 Å². The normalized spacial score (nSPS) is 11.5. The number of ether oxygens (including phenoxy) is 1. The minimum absolute atomic E-state index is 0.0620. The Morgan fingerprint density at radius 1 is 1.00 bits per heavy atom. The van der Waals surface area contributed by atoms with Crippen LogP contribution in [0.15, 0.2) is 54.7 Å². The lowest BCUT2D eigenvalue weighted by molar-refractivity contribution is -0.137. The van der Waals surface area contributed by atoms with Gasteiger partial charge in [-0.15, -0.1) is 0 Å². The molecule has 8 heteroatoms. The summed E-state index contributed by atoms with van der Waals surface area (Å²) >= 11 is 0. The molecule has 0 bridgehead atoms. The number of alkyl halides is 3. The number of aromatic nitrogens is 2. The minimum atomic E-state index is -4.60. The summed E-state index contributed by atoms with van der Waals surface area (Å²) in [4.78, 5) is 7.93. The maximum Gasteiger partial charge on any atom is 0.421 e. The van der Waals surface area contributed by atoms with E-state index in [2.05, 4.69) is 20.6 Å². The van der Waals surface area contributed by atoms with Gasteiger partial charge in [-0.25, -0.2) is 4.98 Å². The van der Waals surface area contributed by atoms with Crippen LogP contribution in [0.5, 0.6) is 5.75 Å². The average molecular weight is 430 g/mol. The second-order valence-electron chi connectivity index (χ2n) is 7.49. The standard InChI is InChI=1S/C23H25F3N4O/c1-4-16-8-10-17(11-9-16)29-22-27-13-20(23(24,25)26)21(30-22)28-18-6-5-7-19(12-18)31-14-15(2)3/h5-13,15H,4,14H2,1-3H3,(H2,27,28,29,30). The molecule has 0 radical (unpaired) electrons. The zero-order valence-corrected chi connectivity index (χ0v) is 17.6. The zero-order valence-electron chi connectivity index (χ0n) is 17.6. The summed E-state index contributed by atoms with van der Waals surface area (Å²) < 4.78 is 46.2. The van der Waals surface area contributed by atoms with Crippen LogP contribution < -0.4 is 15.4 Å². The molecule has 0 aliphatic rings. The Bertz CT molecular complexity index is 1000. The van der Waals surface area contributed by atoms with Crippen LogP contribution in [0.1, 0.15) is 31.9 Å². The number of hydrogen-bond donors (Lipinski definition) is 2. The fraction of sp³-hybridized carbons (Fsp3) is 0.304. The van der Waals surface area contributed by atoms with E-state index in [1.807, 2.05) is 45.0 Å². The highest BCUT2D eigenvalue weighted by atomic mass is 19.4. The third-order valence-electron chi connectivity index (χ3n) is 4.39. The Hall–Kier alpha value is -3.29. The van der Waals surface area contributed by atoms with E-state index in [0.717, 1.165) is 18.2 Å². The van der Waals surface area contributed by atoms with Gasteiger partial charge in [0.05, 0.1) is 6.61 Å². The molecule has 1 heterocycles. The monoisotopic (exact) mass is 430 g/mol. The van der Waals surface area contributed by atoms with E-state index in [0.29, 0.717) is 29.6 Å². The van der Waals surface area contributed by atoms with Crippen molar-refractivity contribution in [1.29, 1.82) is 0 Å². The van der Waals surface area contributed by atoms with Gasteiger partial charge in [0.2, 0.25) is 5.95 Å². The first-order valence-electron chi connectivity index (χ1n) is 10.0. The molecule has 31 heavy (non-hydrogen) atoms. The first-order chi connectivity index (χ1) is 14.7. The molecular weight excluding hydrogens is 405 g/mol. The molecule has 3 aromatic rings. The van der Waals surface area contributed by atoms with Crippen LogP contribution in [-0.4, -0.2) is 16.6 Å². The van der Waals surface area contributed by atoms with Crippen LogP contribution in [0.4, 0.5) is 36.3 Å². The number of hydrogen-bond acceptors (Lipinski definition) is 5. The molecule has 0 fully saturated rings. The van der Waals surface area contributed by atoms with Crippen LogP contribution in [-0.2, 0) is 12.6 Å². The van der Waals surface area contributed by atoms with Crippen LogP contribution >= 0.6 is 0 Å². The van der Waals surface area contributed by atoms with Gasteiger partial charge in [0.15, 0.2) is 0 Å². The third kappa shape index (κ3) is 6.34. The molecule has 0 saturated carbocycles. The summed E-state index contributed by atoms with van der Waals surface area (Å²) in [5.41, 5.74) is 1.32. The van der Waals surface area contributed by atoms with Gasteiger partial charge in [-0.05, 0) is 42.2 Å². The molecule has 0 spiro atoms. The van der Waals surface area contributed by atoms with Gasteiger partial charge in [-0.1, -0.05) is 39.0 Å². The number of nitrogens with zero attached hydrogens (tertiary/aromatic N) is 2. The van der Waals surface area contributed by atoms with Crippen molar-refractivity contribution in [3.05, 3.63) is 65.9 Å². The predicted molar refractivity (Wildman–Crippen MR) is 116 cm³/mol. The van der Waals surface area contributed by atoms with Crippen molar-refractivity contribution >= 4 is 23.1 Å². The van der Waals surface area contributed by atoms with E-state index >= 15 is 0 Å². The maximum absolute atomic E-state index is 13.5. The van der Waals surface area contributed by atoms with E-state index in [-0.39, 0.29) is 11.8 Å². The van der Waals surface area contributed by atoms with E-state index < -0.39 is 11.7 Å². The van der Waals surface area contributed by atoms with E-state index in [1.54, 1.807) is 24.3 Å². The number of halogens is 3. The van der Waals surface area contributed by atoms with E-state index in [9.17, 15) is 13.2 Å². The Balaban J connectivity index is 1.86. The van der Waals surface area contributed by atoms with Gasteiger partial charge in [-0.2, -0.15) is 18.2 Å². The highest BCUT2D eigenvalue weighted by Gasteiger charge is 2.35. The Kier molecular flexibility index (Phi) is 6.99. The number of benzene rings is 2. The molecule has 5 nitrogen and oxygen atoms in total. The quantitative estimate of drug-likeness (QED) is 0.423. The lowest BCUT2D eigenvalue weighted by atomic mass is 10.1. The summed E-state index contributed by atoms with van der Waals surface area (Å²) in [5.74, 6) is 0.620. The van der Waals surface area contributed by atoms with Crippen LogP contribution in [0, 0.1) is 5.92 Å². The largest absolute Gasteiger partial charge is 0.493 e. The SMILES string of the molecule is CCc1ccc(Nc2ncc(C(F)(F)F)c(Nc3cccc(OCC(C)C)c3)n2)cc1. The van der Waals surface area contributed by atoms with Crippen molar-refractivity contribution in [2.75, 3.05) is 17.2 Å². The summed E-state index contributed by atoms with van der Waals surface area (Å²) in [7, 11) is 0. The van der Waals surface area contributed by atoms with Gasteiger partial charge < -0.3 is 15.4 Å². The molecule has 0 unspecified atom stereocenters. The highest BCUT2D eigenvalue weighted by Crippen LogP contribution is 2.35. The van der Waals surface area contributed by atoms with Gasteiger partial charge in [0, 0.05) is 23.6 Å². The van der Waals surface area contributed by atoms with Gasteiger partial charge in [-0.3, -0.25) is 0 Å². The molecule has 164 valence electrons. The molecule has 1 aromatic heterocycles. The number of rotatable bonds is 8. The van der Waals surface area contributed by atoms with Crippen LogP contribution in [0.2, 0.25) is 0 Å². The fourth-order valence-corrected chi connectivity index (χ4v) is 2.76. The number of aryl methyl sites for hydroxylation is 1. The number of anilines is 4. The minimum Gasteiger partial charge on any atom is -0.493 e. The lowest BCUT2D eigenvalue weighted by Gasteiger charge is -2.16. The van der Waals surface area contributed by atoms with Crippen molar-refractivity contribution in [2.24, 2.45) is 5.92 Å². The molecule has 2 N–H and O–H groups in total. The van der Waals surface area contributed by atoms with Crippen molar-refractivity contribution in [2.45, 2.75) is 33.4 Å². The first kappa shape index (κ1) is 22.4. The zero-order chi connectivity index (χ0) is 22.4. The molecule has 0 saturated heterocycles. The Morgan fingerprint density at radius 3 is 2.39 bits per heavy atom. The van der Waals surface area contributed by atoms with Gasteiger partial charge >= 0.3 is 6.18 Å². The summed E-state index contributed by atoms with van der Waals surface area (Å²) in [6, 6.07) is 14.3. The summed E-state index contributed by atoms with van der Waals surface area (Å²) in [6.07, 6.45) is -2.93. The van der Waals surface area contributed by atoms with Crippen molar-refractivity contribution in [3.63, 3.8) is 0 Å². The topological polar surface area (TPSA) is 59.1 Å². The Morgan fingerprint density at radius 2 is 1.74 bits per heavy atom. The second kappa shape index (κ2) is 9.68. The number of nitrogens with one attached hydrogen (secondary N) is 2. The third-order valence-corrected chi connectivity index (χ3v) is 4.39. The van der Waals surface area contributed by atoms with Crippen molar-refractivity contribution < 1.29 is 17.9 Å². The van der Waals surface area contributed by atoms with Crippen LogP contribution in [0.3, 0.4) is 0 Å². The van der Waals surface area contributed by atoms with E-state index in [4.69, 9.17) is 4.74 Å². The predicted octanol–water partition coefficient (Wildman–Crippen LogP) is 6.58. The molecule has 0 amide bonds.